The molecule has 0 aliphatic rings. The molecule has 0 spiro atoms. The van der Waals surface area contributed by atoms with Crippen molar-refractivity contribution in [1.29, 1.82) is 0 Å². The summed E-state index contributed by atoms with van der Waals surface area (Å²) in [5.41, 5.74) is 2.66. The number of hydrogen-bond acceptors (Lipinski definition) is 5. The van der Waals surface area contributed by atoms with E-state index in [1.165, 1.54) is 0 Å². The molecule has 136 valence electrons. The summed E-state index contributed by atoms with van der Waals surface area (Å²) in [4.78, 5) is 1.56. The number of ether oxygens (including phenoxy) is 1. The van der Waals surface area contributed by atoms with Crippen LogP contribution >= 0.6 is 34.2 Å². The molecule has 0 amide bonds. The molecular weight excluding hydrogens is 479 g/mol. The normalized spacial score (nSPS) is 10.9. The van der Waals surface area contributed by atoms with E-state index in [9.17, 15) is 0 Å². The van der Waals surface area contributed by atoms with E-state index in [1.54, 1.807) is 22.8 Å². The van der Waals surface area contributed by atoms with Gasteiger partial charge in [0.1, 0.15) is 9.45 Å². The third-order valence-electron chi connectivity index (χ3n) is 3.97. The number of nitrogens with zero attached hydrogens (tertiary/aromatic N) is 6. The van der Waals surface area contributed by atoms with Crippen LogP contribution in [0.2, 0.25) is 5.02 Å². The molecule has 4 aromatic rings. The van der Waals surface area contributed by atoms with Gasteiger partial charge in [-0.25, -0.2) is 4.68 Å². The van der Waals surface area contributed by atoms with E-state index in [0.29, 0.717) is 17.4 Å². The molecule has 0 radical (unpaired) electrons. The van der Waals surface area contributed by atoms with Crippen LogP contribution in [0.1, 0.15) is 5.56 Å². The Hall–Kier alpha value is -2.46. The predicted molar refractivity (Wildman–Crippen MR) is 110 cm³/mol. The van der Waals surface area contributed by atoms with Gasteiger partial charge in [0.15, 0.2) is 0 Å². The summed E-state index contributed by atoms with van der Waals surface area (Å²) in [5, 5.41) is 17.9. The number of tetrazole rings is 1. The van der Waals surface area contributed by atoms with Crippen molar-refractivity contribution < 1.29 is 4.74 Å². The molecule has 2 heterocycles. The van der Waals surface area contributed by atoms with Gasteiger partial charge in [0.25, 0.3) is 0 Å². The van der Waals surface area contributed by atoms with Crippen molar-refractivity contribution in [3.05, 3.63) is 69.0 Å². The number of aromatic nitrogens is 6. The third-order valence-corrected chi connectivity index (χ3v) is 5.33. The molecule has 2 aromatic carbocycles. The quantitative estimate of drug-likeness (QED) is 0.396. The minimum atomic E-state index is 0.520. The summed E-state index contributed by atoms with van der Waals surface area (Å²) in [7, 11) is 1.64. The van der Waals surface area contributed by atoms with Gasteiger partial charge in [-0.1, -0.05) is 35.9 Å². The average molecular weight is 493 g/mol. The Morgan fingerprint density at radius 1 is 1.11 bits per heavy atom. The molecule has 27 heavy (non-hydrogen) atoms. The summed E-state index contributed by atoms with van der Waals surface area (Å²) in [6.45, 7) is 0.520. The van der Waals surface area contributed by atoms with Gasteiger partial charge < -0.3 is 4.74 Å². The van der Waals surface area contributed by atoms with Crippen molar-refractivity contribution in [3.63, 3.8) is 0 Å². The van der Waals surface area contributed by atoms with E-state index >= 15 is 0 Å². The number of methoxy groups -OCH3 is 1. The Balaban J connectivity index is 1.59. The van der Waals surface area contributed by atoms with Gasteiger partial charge in [-0.3, -0.25) is 0 Å². The van der Waals surface area contributed by atoms with E-state index in [4.69, 9.17) is 16.3 Å². The van der Waals surface area contributed by atoms with Gasteiger partial charge in [0.05, 0.1) is 36.1 Å². The monoisotopic (exact) mass is 492 g/mol. The molecule has 0 saturated carbocycles. The third kappa shape index (κ3) is 3.67. The number of para-hydroxylation sites is 1. The maximum Gasteiger partial charge on any atom is 0.209 e. The second-order valence-corrected chi connectivity index (χ2v) is 7.13. The fourth-order valence-corrected chi connectivity index (χ4v) is 3.57. The minimum Gasteiger partial charge on any atom is -0.497 e. The van der Waals surface area contributed by atoms with Crippen molar-refractivity contribution in [2.75, 3.05) is 7.11 Å². The lowest BCUT2D eigenvalue weighted by atomic mass is 10.2. The van der Waals surface area contributed by atoms with Crippen LogP contribution < -0.4 is 4.74 Å². The zero-order chi connectivity index (χ0) is 18.8. The van der Waals surface area contributed by atoms with Gasteiger partial charge in [-0.15, -0.1) is 10.2 Å². The maximum atomic E-state index is 6.28. The first-order chi connectivity index (χ1) is 13.2. The molecular formula is C18H14ClIN6O. The number of halogens is 2. The molecule has 0 N–H and O–H groups in total. The standard InChI is InChI=1S/C18H14ClIN6O/c1-27-13-8-6-12(7-9-13)11-25-23-18(22-24-25)14-10-21-26(17(14)20)16-5-3-2-4-15(16)19/h2-10H,11H2,1H3. The van der Waals surface area contributed by atoms with Crippen LogP contribution in [-0.2, 0) is 6.54 Å². The highest BCUT2D eigenvalue weighted by Gasteiger charge is 2.17. The predicted octanol–water partition coefficient (Wildman–Crippen LogP) is 3.84. The van der Waals surface area contributed by atoms with Crippen LogP contribution in [0.5, 0.6) is 5.75 Å². The minimum absolute atomic E-state index is 0.520. The highest BCUT2D eigenvalue weighted by atomic mass is 127. The summed E-state index contributed by atoms with van der Waals surface area (Å²) in [5.74, 6) is 1.33. The zero-order valence-electron chi connectivity index (χ0n) is 14.3. The van der Waals surface area contributed by atoms with Crippen LogP contribution in [-0.4, -0.2) is 37.1 Å². The molecule has 4 rings (SSSR count). The molecule has 2 aromatic heterocycles. The Morgan fingerprint density at radius 2 is 1.89 bits per heavy atom. The van der Waals surface area contributed by atoms with Gasteiger partial charge >= 0.3 is 0 Å². The van der Waals surface area contributed by atoms with E-state index in [0.717, 1.165) is 26.3 Å². The van der Waals surface area contributed by atoms with Crippen molar-refractivity contribution in [2.45, 2.75) is 6.54 Å². The molecule has 9 heteroatoms. The summed E-state index contributed by atoms with van der Waals surface area (Å²) in [6.07, 6.45) is 1.72. The highest BCUT2D eigenvalue weighted by molar-refractivity contribution is 14.1. The van der Waals surface area contributed by atoms with Gasteiger partial charge in [0.2, 0.25) is 5.82 Å². The smallest absolute Gasteiger partial charge is 0.209 e. The first kappa shape index (κ1) is 17.9. The number of benzene rings is 2. The molecule has 0 unspecified atom stereocenters. The summed E-state index contributed by atoms with van der Waals surface area (Å²) >= 11 is 8.49. The van der Waals surface area contributed by atoms with Crippen LogP contribution in [0.4, 0.5) is 0 Å². The van der Waals surface area contributed by atoms with Crippen molar-refractivity contribution in [3.8, 4) is 22.8 Å². The van der Waals surface area contributed by atoms with E-state index < -0.39 is 0 Å². The fraction of sp³-hybridized carbons (Fsp3) is 0.111. The SMILES string of the molecule is COc1ccc(Cn2nnc(-c3cnn(-c4ccccc4Cl)c3I)n2)cc1. The Kier molecular flexibility index (Phi) is 5.08. The van der Waals surface area contributed by atoms with Crippen molar-refractivity contribution in [2.24, 2.45) is 0 Å². The van der Waals surface area contributed by atoms with Gasteiger partial charge in [-0.2, -0.15) is 9.90 Å². The van der Waals surface area contributed by atoms with E-state index in [2.05, 4.69) is 43.1 Å². The molecule has 0 aliphatic heterocycles. The van der Waals surface area contributed by atoms with Crippen LogP contribution in [0.15, 0.2) is 54.7 Å². The van der Waals surface area contributed by atoms with Gasteiger partial charge in [-0.05, 0) is 57.6 Å². The molecule has 0 bridgehead atoms. The lowest BCUT2D eigenvalue weighted by molar-refractivity contribution is 0.414. The number of rotatable bonds is 5. The fourth-order valence-electron chi connectivity index (χ4n) is 2.59. The van der Waals surface area contributed by atoms with Crippen LogP contribution in [0.25, 0.3) is 17.1 Å². The highest BCUT2D eigenvalue weighted by Crippen LogP contribution is 2.27. The largest absolute Gasteiger partial charge is 0.497 e. The average Bonchev–Trinajstić information content (AvgIpc) is 3.29. The second-order valence-electron chi connectivity index (χ2n) is 5.70. The van der Waals surface area contributed by atoms with Crippen LogP contribution in [0.3, 0.4) is 0 Å². The summed E-state index contributed by atoms with van der Waals surface area (Å²) < 4.78 is 7.80. The Labute approximate surface area is 174 Å². The van der Waals surface area contributed by atoms with E-state index in [-0.39, 0.29) is 0 Å². The Bertz CT molecular complexity index is 1080. The summed E-state index contributed by atoms with van der Waals surface area (Å²) in [6, 6.07) is 15.3. The lowest BCUT2D eigenvalue weighted by Gasteiger charge is -2.05. The first-order valence-electron chi connectivity index (χ1n) is 8.05. The van der Waals surface area contributed by atoms with Crippen molar-refractivity contribution >= 4 is 34.2 Å². The number of hydrogen-bond donors (Lipinski definition) is 0. The topological polar surface area (TPSA) is 70.7 Å². The molecule has 0 atom stereocenters. The first-order valence-corrected chi connectivity index (χ1v) is 9.51. The molecule has 0 aliphatic carbocycles. The van der Waals surface area contributed by atoms with E-state index in [1.807, 2.05) is 48.5 Å². The van der Waals surface area contributed by atoms with Crippen molar-refractivity contribution in [1.82, 2.24) is 30.0 Å². The maximum absolute atomic E-state index is 6.28. The molecule has 7 nitrogen and oxygen atoms in total. The zero-order valence-corrected chi connectivity index (χ0v) is 17.2. The molecule has 0 saturated heterocycles. The van der Waals surface area contributed by atoms with Gasteiger partial charge in [0, 0.05) is 0 Å². The Morgan fingerprint density at radius 3 is 2.63 bits per heavy atom. The second kappa shape index (κ2) is 7.65. The molecule has 0 fully saturated rings. The van der Waals surface area contributed by atoms with Crippen LogP contribution in [0, 0.1) is 3.70 Å². The lowest BCUT2D eigenvalue weighted by Crippen LogP contribution is -2.04.